The molecule has 90 valence electrons. The molecule has 3 nitrogen and oxygen atoms in total. The minimum atomic E-state index is 0.154. The SMILES string of the molecule is CCNC(c1ccc(CC)cc1)c1ncc[nH]1. The van der Waals surface area contributed by atoms with Crippen LogP contribution in [0, 0.1) is 0 Å². The Morgan fingerprint density at radius 1 is 1.24 bits per heavy atom. The molecule has 1 heterocycles. The fraction of sp³-hybridized carbons (Fsp3) is 0.357. The molecule has 0 amide bonds. The van der Waals surface area contributed by atoms with Crippen LogP contribution in [0.3, 0.4) is 0 Å². The maximum atomic E-state index is 4.34. The number of H-pyrrole nitrogens is 1. The molecule has 2 aromatic rings. The van der Waals surface area contributed by atoms with Gasteiger partial charge in [-0.2, -0.15) is 0 Å². The third kappa shape index (κ3) is 2.74. The van der Waals surface area contributed by atoms with Crippen molar-refractivity contribution in [3.05, 3.63) is 53.6 Å². The van der Waals surface area contributed by atoms with E-state index in [1.165, 1.54) is 11.1 Å². The minimum Gasteiger partial charge on any atom is -0.347 e. The number of nitrogens with zero attached hydrogens (tertiary/aromatic N) is 1. The van der Waals surface area contributed by atoms with Crippen molar-refractivity contribution in [2.24, 2.45) is 0 Å². The molecule has 1 unspecified atom stereocenters. The molecule has 0 fully saturated rings. The maximum Gasteiger partial charge on any atom is 0.127 e. The lowest BCUT2D eigenvalue weighted by molar-refractivity contribution is 0.603. The fourth-order valence-electron chi connectivity index (χ4n) is 1.96. The van der Waals surface area contributed by atoms with E-state index in [9.17, 15) is 0 Å². The number of aryl methyl sites for hydroxylation is 1. The van der Waals surface area contributed by atoms with E-state index >= 15 is 0 Å². The van der Waals surface area contributed by atoms with E-state index in [4.69, 9.17) is 0 Å². The fourth-order valence-corrected chi connectivity index (χ4v) is 1.96. The third-order valence-corrected chi connectivity index (χ3v) is 2.92. The second kappa shape index (κ2) is 5.64. The Balaban J connectivity index is 2.26. The molecular weight excluding hydrogens is 210 g/mol. The van der Waals surface area contributed by atoms with E-state index in [-0.39, 0.29) is 6.04 Å². The van der Waals surface area contributed by atoms with E-state index in [0.717, 1.165) is 18.8 Å². The summed E-state index contributed by atoms with van der Waals surface area (Å²) >= 11 is 0. The normalized spacial score (nSPS) is 12.6. The molecule has 17 heavy (non-hydrogen) atoms. The van der Waals surface area contributed by atoms with Gasteiger partial charge in [-0.05, 0) is 24.1 Å². The number of nitrogens with one attached hydrogen (secondary N) is 2. The van der Waals surface area contributed by atoms with Crippen molar-refractivity contribution in [3.8, 4) is 0 Å². The highest BCUT2D eigenvalue weighted by molar-refractivity contribution is 5.28. The van der Waals surface area contributed by atoms with Gasteiger partial charge in [-0.25, -0.2) is 4.98 Å². The molecule has 0 bridgehead atoms. The lowest BCUT2D eigenvalue weighted by Gasteiger charge is -2.16. The Morgan fingerprint density at radius 2 is 2.00 bits per heavy atom. The summed E-state index contributed by atoms with van der Waals surface area (Å²) in [4.78, 5) is 7.51. The average molecular weight is 229 g/mol. The Kier molecular flexibility index (Phi) is 3.94. The summed E-state index contributed by atoms with van der Waals surface area (Å²) in [6.45, 7) is 5.19. The van der Waals surface area contributed by atoms with Crippen molar-refractivity contribution in [1.29, 1.82) is 0 Å². The topological polar surface area (TPSA) is 40.7 Å². The van der Waals surface area contributed by atoms with Gasteiger partial charge in [0.05, 0.1) is 6.04 Å². The second-order valence-corrected chi connectivity index (χ2v) is 4.06. The van der Waals surface area contributed by atoms with E-state index in [0.29, 0.717) is 0 Å². The van der Waals surface area contributed by atoms with E-state index in [1.54, 1.807) is 6.20 Å². The van der Waals surface area contributed by atoms with E-state index in [2.05, 4.69) is 53.4 Å². The first-order valence-electron chi connectivity index (χ1n) is 6.16. The Hall–Kier alpha value is -1.61. The molecule has 2 rings (SSSR count). The summed E-state index contributed by atoms with van der Waals surface area (Å²) in [5.41, 5.74) is 2.61. The smallest absolute Gasteiger partial charge is 0.127 e. The molecule has 0 aliphatic carbocycles. The van der Waals surface area contributed by atoms with Crippen LogP contribution >= 0.6 is 0 Å². The number of aromatic amines is 1. The van der Waals surface area contributed by atoms with Crippen LogP contribution in [-0.2, 0) is 6.42 Å². The molecule has 3 heteroatoms. The lowest BCUT2D eigenvalue weighted by atomic mass is 10.0. The first-order chi connectivity index (χ1) is 8.35. The maximum absolute atomic E-state index is 4.34. The zero-order chi connectivity index (χ0) is 12.1. The molecule has 0 aliphatic heterocycles. The molecule has 0 saturated carbocycles. The van der Waals surface area contributed by atoms with Crippen molar-refractivity contribution >= 4 is 0 Å². The average Bonchev–Trinajstić information content (AvgIpc) is 2.90. The van der Waals surface area contributed by atoms with Crippen molar-refractivity contribution in [3.63, 3.8) is 0 Å². The summed E-state index contributed by atoms with van der Waals surface area (Å²) in [6.07, 6.45) is 4.73. The first kappa shape index (κ1) is 11.9. The van der Waals surface area contributed by atoms with Crippen molar-refractivity contribution in [2.45, 2.75) is 26.3 Å². The van der Waals surface area contributed by atoms with Crippen LogP contribution in [0.1, 0.15) is 36.8 Å². The number of imidazole rings is 1. The Bertz CT molecular complexity index is 431. The molecule has 1 atom stereocenters. The number of rotatable bonds is 5. The molecule has 1 aromatic carbocycles. The van der Waals surface area contributed by atoms with Crippen molar-refractivity contribution in [2.75, 3.05) is 6.54 Å². The summed E-state index contributed by atoms with van der Waals surface area (Å²) in [5.74, 6) is 0.969. The third-order valence-electron chi connectivity index (χ3n) is 2.92. The molecule has 0 saturated heterocycles. The van der Waals surface area contributed by atoms with Gasteiger partial charge < -0.3 is 10.3 Å². The van der Waals surface area contributed by atoms with Gasteiger partial charge in [0.2, 0.25) is 0 Å². The number of hydrogen-bond donors (Lipinski definition) is 2. The predicted molar refractivity (Wildman–Crippen MR) is 69.9 cm³/mol. The summed E-state index contributed by atoms with van der Waals surface area (Å²) in [5, 5.41) is 3.45. The summed E-state index contributed by atoms with van der Waals surface area (Å²) < 4.78 is 0. The predicted octanol–water partition coefficient (Wildman–Crippen LogP) is 2.67. The summed E-state index contributed by atoms with van der Waals surface area (Å²) in [7, 11) is 0. The van der Waals surface area contributed by atoms with E-state index in [1.807, 2.05) is 6.20 Å². The molecule has 0 spiro atoms. The standard InChI is InChI=1S/C14H19N3/c1-3-11-5-7-12(8-6-11)13(15-4-2)14-16-9-10-17-14/h5-10,13,15H,3-4H2,1-2H3,(H,16,17). The molecule has 0 aliphatic rings. The Labute approximate surface area is 102 Å². The zero-order valence-electron chi connectivity index (χ0n) is 10.4. The van der Waals surface area contributed by atoms with Crippen LogP contribution < -0.4 is 5.32 Å². The highest BCUT2D eigenvalue weighted by Crippen LogP contribution is 2.19. The highest BCUT2D eigenvalue weighted by atomic mass is 15.0. The molecular formula is C14H19N3. The zero-order valence-corrected chi connectivity index (χ0v) is 10.4. The quantitative estimate of drug-likeness (QED) is 0.827. The van der Waals surface area contributed by atoms with Gasteiger partial charge in [-0.15, -0.1) is 0 Å². The van der Waals surface area contributed by atoms with Crippen molar-refractivity contribution in [1.82, 2.24) is 15.3 Å². The van der Waals surface area contributed by atoms with Crippen LogP contribution in [0.5, 0.6) is 0 Å². The van der Waals surface area contributed by atoms with Crippen LogP contribution in [0.2, 0.25) is 0 Å². The van der Waals surface area contributed by atoms with Gasteiger partial charge in [-0.3, -0.25) is 0 Å². The monoisotopic (exact) mass is 229 g/mol. The summed E-state index contributed by atoms with van der Waals surface area (Å²) in [6, 6.07) is 8.87. The second-order valence-electron chi connectivity index (χ2n) is 4.06. The number of benzene rings is 1. The lowest BCUT2D eigenvalue weighted by Crippen LogP contribution is -2.23. The van der Waals surface area contributed by atoms with Crippen LogP contribution in [0.25, 0.3) is 0 Å². The van der Waals surface area contributed by atoms with Crippen LogP contribution in [0.4, 0.5) is 0 Å². The van der Waals surface area contributed by atoms with Gasteiger partial charge in [-0.1, -0.05) is 38.1 Å². The minimum absolute atomic E-state index is 0.154. The first-order valence-corrected chi connectivity index (χ1v) is 6.16. The molecule has 0 radical (unpaired) electrons. The van der Waals surface area contributed by atoms with Gasteiger partial charge >= 0.3 is 0 Å². The van der Waals surface area contributed by atoms with Crippen molar-refractivity contribution < 1.29 is 0 Å². The Morgan fingerprint density at radius 3 is 2.53 bits per heavy atom. The van der Waals surface area contributed by atoms with Crippen LogP contribution in [0.15, 0.2) is 36.7 Å². The number of hydrogen-bond acceptors (Lipinski definition) is 2. The van der Waals surface area contributed by atoms with Crippen LogP contribution in [-0.4, -0.2) is 16.5 Å². The van der Waals surface area contributed by atoms with Gasteiger partial charge in [0.25, 0.3) is 0 Å². The molecule has 2 N–H and O–H groups in total. The van der Waals surface area contributed by atoms with E-state index < -0.39 is 0 Å². The highest BCUT2D eigenvalue weighted by Gasteiger charge is 2.14. The largest absolute Gasteiger partial charge is 0.347 e. The van der Waals surface area contributed by atoms with Gasteiger partial charge in [0, 0.05) is 12.4 Å². The van der Waals surface area contributed by atoms with Gasteiger partial charge in [0.15, 0.2) is 0 Å². The number of aromatic nitrogens is 2. The van der Waals surface area contributed by atoms with Gasteiger partial charge in [0.1, 0.15) is 5.82 Å². The molecule has 1 aromatic heterocycles.